The molecule has 1 heterocycles. The van der Waals surface area contributed by atoms with Crippen LogP contribution in [-0.4, -0.2) is 29.8 Å². The minimum Gasteiger partial charge on any atom is -0.366 e. The zero-order chi connectivity index (χ0) is 9.84. The van der Waals surface area contributed by atoms with Gasteiger partial charge in [-0.15, -0.1) is 0 Å². The van der Waals surface area contributed by atoms with Crippen molar-refractivity contribution in [1.29, 1.82) is 0 Å². The van der Waals surface area contributed by atoms with Crippen molar-refractivity contribution in [3.8, 4) is 0 Å². The molecule has 0 aliphatic heterocycles. The Morgan fingerprint density at radius 1 is 1.46 bits per heavy atom. The molecule has 3 heteroatoms. The second kappa shape index (κ2) is 4.03. The molecule has 0 amide bonds. The minimum absolute atomic E-state index is 0.800. The molecule has 13 heavy (non-hydrogen) atoms. The van der Waals surface area contributed by atoms with Crippen LogP contribution in [0.3, 0.4) is 0 Å². The Morgan fingerprint density at radius 2 is 2.15 bits per heavy atom. The first-order valence-electron chi connectivity index (χ1n) is 4.25. The normalized spacial score (nSPS) is 11.5. The third kappa shape index (κ3) is 2.54. The van der Waals surface area contributed by atoms with Crippen LogP contribution in [0.4, 0.5) is 5.82 Å². The van der Waals surface area contributed by atoms with Gasteiger partial charge in [0.2, 0.25) is 0 Å². The molecule has 0 aliphatic carbocycles. The van der Waals surface area contributed by atoms with Crippen molar-refractivity contribution in [2.24, 2.45) is 4.99 Å². The van der Waals surface area contributed by atoms with E-state index in [4.69, 9.17) is 0 Å². The number of pyridine rings is 1. The van der Waals surface area contributed by atoms with Gasteiger partial charge in [-0.3, -0.25) is 0 Å². The van der Waals surface area contributed by atoms with Crippen LogP contribution in [0.2, 0.25) is 0 Å². The summed E-state index contributed by atoms with van der Waals surface area (Å²) in [6, 6.07) is 3.92. The van der Waals surface area contributed by atoms with Crippen LogP contribution in [-0.2, 0) is 0 Å². The molecule has 0 N–H and O–H groups in total. The molecule has 1 aromatic rings. The zero-order valence-corrected chi connectivity index (χ0v) is 8.57. The van der Waals surface area contributed by atoms with Crippen molar-refractivity contribution >= 4 is 11.7 Å². The molecular formula is C10H15N3. The predicted octanol–water partition coefficient (Wildman–Crippen LogP) is 2.00. The molecule has 0 aliphatic rings. The molecule has 0 saturated heterocycles. The van der Waals surface area contributed by atoms with Crippen LogP contribution in [0.15, 0.2) is 23.3 Å². The largest absolute Gasteiger partial charge is 0.366 e. The summed E-state index contributed by atoms with van der Waals surface area (Å²) in [6.07, 6.45) is 1.76. The summed E-state index contributed by atoms with van der Waals surface area (Å²) >= 11 is 0. The molecule has 0 unspecified atom stereocenters. The van der Waals surface area contributed by atoms with Crippen LogP contribution in [0.25, 0.3) is 0 Å². The molecule has 0 fully saturated rings. The van der Waals surface area contributed by atoms with Crippen LogP contribution in [0.1, 0.15) is 12.5 Å². The number of rotatable bonds is 1. The summed E-state index contributed by atoms with van der Waals surface area (Å²) in [4.78, 5) is 10.5. The Hall–Kier alpha value is -1.38. The average molecular weight is 177 g/mol. The quantitative estimate of drug-likeness (QED) is 0.485. The second-order valence-corrected chi connectivity index (χ2v) is 3.20. The summed E-state index contributed by atoms with van der Waals surface area (Å²) < 4.78 is 0. The molecule has 0 spiro atoms. The lowest BCUT2D eigenvalue weighted by molar-refractivity contribution is 0.618. The first kappa shape index (κ1) is 9.71. The Kier molecular flexibility index (Phi) is 3.01. The lowest BCUT2D eigenvalue weighted by Crippen LogP contribution is -2.17. The maximum Gasteiger partial charge on any atom is 0.156 e. The number of aryl methyl sites for hydroxylation is 1. The van der Waals surface area contributed by atoms with E-state index in [2.05, 4.69) is 9.98 Å². The summed E-state index contributed by atoms with van der Waals surface area (Å²) in [5.41, 5.74) is 1.10. The van der Waals surface area contributed by atoms with Crippen molar-refractivity contribution in [2.75, 3.05) is 14.1 Å². The van der Waals surface area contributed by atoms with Gasteiger partial charge in [-0.25, -0.2) is 9.98 Å². The molecule has 70 valence electrons. The number of aliphatic imine (C=N–C) groups is 1. The highest BCUT2D eigenvalue weighted by Gasteiger charge is 1.98. The van der Waals surface area contributed by atoms with E-state index < -0.39 is 0 Å². The van der Waals surface area contributed by atoms with Gasteiger partial charge in [-0.1, -0.05) is 6.07 Å². The summed E-state index contributed by atoms with van der Waals surface area (Å²) in [7, 11) is 3.94. The van der Waals surface area contributed by atoms with Gasteiger partial charge in [0.25, 0.3) is 0 Å². The van der Waals surface area contributed by atoms with E-state index in [9.17, 15) is 0 Å². The van der Waals surface area contributed by atoms with Crippen LogP contribution in [0, 0.1) is 6.92 Å². The lowest BCUT2D eigenvalue weighted by Gasteiger charge is -2.10. The number of hydrogen-bond donors (Lipinski definition) is 0. The van der Waals surface area contributed by atoms with E-state index in [1.54, 1.807) is 6.20 Å². The maximum atomic E-state index is 4.39. The van der Waals surface area contributed by atoms with E-state index in [1.807, 2.05) is 45.0 Å². The van der Waals surface area contributed by atoms with E-state index in [1.165, 1.54) is 0 Å². The zero-order valence-electron chi connectivity index (χ0n) is 8.57. The molecule has 0 saturated carbocycles. The van der Waals surface area contributed by atoms with Gasteiger partial charge in [-0.2, -0.15) is 0 Å². The van der Waals surface area contributed by atoms with Gasteiger partial charge >= 0.3 is 0 Å². The van der Waals surface area contributed by atoms with Gasteiger partial charge < -0.3 is 4.90 Å². The van der Waals surface area contributed by atoms with Crippen LogP contribution >= 0.6 is 0 Å². The Morgan fingerprint density at radius 3 is 2.69 bits per heavy atom. The molecular weight excluding hydrogens is 162 g/mol. The highest BCUT2D eigenvalue weighted by molar-refractivity contribution is 5.81. The third-order valence-electron chi connectivity index (χ3n) is 1.90. The minimum atomic E-state index is 0.800. The fraction of sp³-hybridized carbons (Fsp3) is 0.400. The Balaban J connectivity index is 2.97. The molecule has 3 nitrogen and oxygen atoms in total. The number of amidine groups is 1. The smallest absolute Gasteiger partial charge is 0.156 e. The average Bonchev–Trinajstić information content (AvgIpc) is 2.08. The highest BCUT2D eigenvalue weighted by Crippen LogP contribution is 2.13. The van der Waals surface area contributed by atoms with Crippen molar-refractivity contribution in [3.63, 3.8) is 0 Å². The molecule has 0 radical (unpaired) electrons. The van der Waals surface area contributed by atoms with E-state index in [0.29, 0.717) is 0 Å². The topological polar surface area (TPSA) is 28.5 Å². The third-order valence-corrected chi connectivity index (χ3v) is 1.90. The number of nitrogens with zero attached hydrogens (tertiary/aromatic N) is 3. The second-order valence-electron chi connectivity index (χ2n) is 3.20. The SMILES string of the molecule is CC(=Nc1ncccc1C)N(C)C. The summed E-state index contributed by atoms with van der Waals surface area (Å²) in [5, 5.41) is 0. The first-order chi connectivity index (χ1) is 6.11. The highest BCUT2D eigenvalue weighted by atomic mass is 15.1. The lowest BCUT2D eigenvalue weighted by atomic mass is 10.3. The van der Waals surface area contributed by atoms with Gasteiger partial charge in [0.1, 0.15) is 5.84 Å². The van der Waals surface area contributed by atoms with Crippen molar-refractivity contribution < 1.29 is 0 Å². The number of hydrogen-bond acceptors (Lipinski definition) is 2. The van der Waals surface area contributed by atoms with E-state index in [-0.39, 0.29) is 0 Å². The molecule has 0 aromatic carbocycles. The Labute approximate surface area is 79.1 Å². The van der Waals surface area contributed by atoms with Gasteiger partial charge in [-0.05, 0) is 25.5 Å². The summed E-state index contributed by atoms with van der Waals surface area (Å²) in [6.45, 7) is 3.98. The molecule has 0 atom stereocenters. The molecule has 0 bridgehead atoms. The van der Waals surface area contributed by atoms with E-state index in [0.717, 1.165) is 17.2 Å². The number of aromatic nitrogens is 1. The van der Waals surface area contributed by atoms with Gasteiger partial charge in [0.15, 0.2) is 5.82 Å². The van der Waals surface area contributed by atoms with Crippen molar-refractivity contribution in [1.82, 2.24) is 9.88 Å². The van der Waals surface area contributed by atoms with Crippen molar-refractivity contribution in [3.05, 3.63) is 23.9 Å². The van der Waals surface area contributed by atoms with Crippen LogP contribution in [0.5, 0.6) is 0 Å². The van der Waals surface area contributed by atoms with Crippen LogP contribution < -0.4 is 0 Å². The monoisotopic (exact) mass is 177 g/mol. The fourth-order valence-corrected chi connectivity index (χ4v) is 0.848. The summed E-state index contributed by atoms with van der Waals surface area (Å²) in [5.74, 6) is 1.76. The maximum absolute atomic E-state index is 4.39. The fourth-order valence-electron chi connectivity index (χ4n) is 0.848. The van der Waals surface area contributed by atoms with Crippen molar-refractivity contribution in [2.45, 2.75) is 13.8 Å². The molecule has 1 aromatic heterocycles. The van der Waals surface area contributed by atoms with E-state index >= 15 is 0 Å². The van der Waals surface area contributed by atoms with Gasteiger partial charge in [0.05, 0.1) is 0 Å². The Bertz CT molecular complexity index is 316. The molecule has 1 rings (SSSR count). The first-order valence-corrected chi connectivity index (χ1v) is 4.25. The predicted molar refractivity (Wildman–Crippen MR) is 55.4 cm³/mol. The standard InChI is InChI=1S/C10H15N3/c1-8-6-5-7-11-10(8)12-9(2)13(3)4/h5-7H,1-4H3. The van der Waals surface area contributed by atoms with Gasteiger partial charge in [0, 0.05) is 20.3 Å².